The van der Waals surface area contributed by atoms with Crippen molar-refractivity contribution in [2.75, 3.05) is 6.26 Å². The first kappa shape index (κ1) is 20.5. The molecule has 0 saturated carbocycles. The third-order valence-corrected chi connectivity index (χ3v) is 2.63. The SMILES string of the molecule is C=Cc1ccccc1C(=O)CCCCC(N)O.CS(=O)(=O)O. The highest BCUT2D eigenvalue weighted by molar-refractivity contribution is 7.85. The van der Waals surface area contributed by atoms with Crippen molar-refractivity contribution >= 4 is 22.0 Å². The quantitative estimate of drug-likeness (QED) is 0.304. The molecule has 6 nitrogen and oxygen atoms in total. The summed E-state index contributed by atoms with van der Waals surface area (Å²) in [4.78, 5) is 11.9. The molecule has 4 N–H and O–H groups in total. The molecule has 0 spiro atoms. The van der Waals surface area contributed by atoms with E-state index in [1.54, 1.807) is 6.08 Å². The van der Waals surface area contributed by atoms with E-state index >= 15 is 0 Å². The number of unbranched alkanes of at least 4 members (excludes halogenated alkanes) is 1. The van der Waals surface area contributed by atoms with Gasteiger partial charge in [-0.05, 0) is 24.8 Å². The molecule has 7 heteroatoms. The van der Waals surface area contributed by atoms with E-state index in [2.05, 4.69) is 6.58 Å². The summed E-state index contributed by atoms with van der Waals surface area (Å²) in [5.74, 6) is 0.118. The van der Waals surface area contributed by atoms with Gasteiger partial charge >= 0.3 is 0 Å². The Labute approximate surface area is 131 Å². The van der Waals surface area contributed by atoms with Gasteiger partial charge in [-0.2, -0.15) is 8.42 Å². The first-order chi connectivity index (χ1) is 10.1. The Morgan fingerprint density at radius 3 is 2.41 bits per heavy atom. The minimum Gasteiger partial charge on any atom is -0.379 e. The number of carbonyl (C=O) groups is 1. The molecular formula is C15H23NO5S. The van der Waals surface area contributed by atoms with E-state index in [0.29, 0.717) is 19.1 Å². The molecule has 0 fully saturated rings. The zero-order valence-electron chi connectivity index (χ0n) is 12.6. The van der Waals surface area contributed by atoms with Gasteiger partial charge in [-0.3, -0.25) is 9.35 Å². The van der Waals surface area contributed by atoms with E-state index in [-0.39, 0.29) is 5.78 Å². The van der Waals surface area contributed by atoms with Crippen molar-refractivity contribution in [3.05, 3.63) is 42.0 Å². The number of hydrogen-bond acceptors (Lipinski definition) is 5. The Morgan fingerprint density at radius 1 is 1.36 bits per heavy atom. The van der Waals surface area contributed by atoms with Crippen molar-refractivity contribution in [1.29, 1.82) is 0 Å². The van der Waals surface area contributed by atoms with Crippen molar-refractivity contribution in [3.63, 3.8) is 0 Å². The standard InChI is InChI=1S/C14H19NO2.CH4O3S/c1-2-11-7-3-4-8-12(11)13(16)9-5-6-10-14(15)17;1-5(2,3)4/h2-4,7-8,14,17H,1,5-6,9-10,15H2;1H3,(H,2,3,4). The smallest absolute Gasteiger partial charge is 0.261 e. The topological polar surface area (TPSA) is 118 Å². The van der Waals surface area contributed by atoms with Crippen LogP contribution >= 0.6 is 0 Å². The second-order valence-corrected chi connectivity index (χ2v) is 6.23. The van der Waals surface area contributed by atoms with Crippen LogP contribution in [0.4, 0.5) is 0 Å². The summed E-state index contributed by atoms with van der Waals surface area (Å²) >= 11 is 0. The first-order valence-corrected chi connectivity index (χ1v) is 8.60. The van der Waals surface area contributed by atoms with E-state index in [1.165, 1.54) is 0 Å². The van der Waals surface area contributed by atoms with Gasteiger partial charge in [0.15, 0.2) is 5.78 Å². The van der Waals surface area contributed by atoms with Gasteiger partial charge < -0.3 is 10.8 Å². The Hall–Kier alpha value is -1.54. The summed E-state index contributed by atoms with van der Waals surface area (Å²) in [7, 11) is -3.67. The maximum atomic E-state index is 11.9. The molecule has 0 aromatic heterocycles. The van der Waals surface area contributed by atoms with Crippen molar-refractivity contribution in [2.24, 2.45) is 5.73 Å². The molecule has 0 aliphatic carbocycles. The van der Waals surface area contributed by atoms with Crippen molar-refractivity contribution in [3.8, 4) is 0 Å². The third-order valence-electron chi connectivity index (χ3n) is 2.63. The van der Waals surface area contributed by atoms with Gasteiger partial charge in [-0.1, -0.05) is 36.9 Å². The highest BCUT2D eigenvalue weighted by Gasteiger charge is 2.08. The number of benzene rings is 1. The lowest BCUT2D eigenvalue weighted by Gasteiger charge is -2.06. The van der Waals surface area contributed by atoms with Gasteiger partial charge in [-0.25, -0.2) is 0 Å². The fraction of sp³-hybridized carbons (Fsp3) is 0.400. The van der Waals surface area contributed by atoms with Crippen LogP contribution in [0.3, 0.4) is 0 Å². The molecule has 0 bridgehead atoms. The molecule has 0 heterocycles. The summed E-state index contributed by atoms with van der Waals surface area (Å²) in [6.45, 7) is 3.69. The second kappa shape index (κ2) is 10.2. The lowest BCUT2D eigenvalue weighted by molar-refractivity contribution is 0.0975. The average molecular weight is 329 g/mol. The van der Waals surface area contributed by atoms with Crippen LogP contribution in [0.1, 0.15) is 41.6 Å². The Bertz CT molecular complexity index is 573. The van der Waals surface area contributed by atoms with Crippen LogP contribution in [0.15, 0.2) is 30.8 Å². The van der Waals surface area contributed by atoms with E-state index in [0.717, 1.165) is 24.0 Å². The summed E-state index contributed by atoms with van der Waals surface area (Å²) in [6.07, 6.45) is 4.17. The van der Waals surface area contributed by atoms with Gasteiger partial charge in [0.05, 0.1) is 6.26 Å². The van der Waals surface area contributed by atoms with Gasteiger partial charge in [0.2, 0.25) is 0 Å². The van der Waals surface area contributed by atoms with Crippen LogP contribution in [-0.4, -0.2) is 36.3 Å². The summed E-state index contributed by atoms with van der Waals surface area (Å²) in [5, 5.41) is 8.90. The van der Waals surface area contributed by atoms with E-state index in [4.69, 9.17) is 15.4 Å². The first-order valence-electron chi connectivity index (χ1n) is 6.76. The molecule has 0 amide bonds. The van der Waals surface area contributed by atoms with Crippen LogP contribution < -0.4 is 5.73 Å². The molecule has 1 rings (SSSR count). The number of nitrogens with two attached hydrogens (primary N) is 1. The number of aliphatic hydroxyl groups excluding tert-OH is 1. The molecular weight excluding hydrogens is 306 g/mol. The van der Waals surface area contributed by atoms with Crippen LogP contribution in [0.2, 0.25) is 0 Å². The van der Waals surface area contributed by atoms with Crippen molar-refractivity contribution in [2.45, 2.75) is 31.9 Å². The zero-order valence-corrected chi connectivity index (χ0v) is 13.4. The lowest BCUT2D eigenvalue weighted by atomic mass is 9.99. The predicted molar refractivity (Wildman–Crippen MR) is 87.0 cm³/mol. The molecule has 1 unspecified atom stereocenters. The molecule has 124 valence electrons. The Kier molecular flexibility index (Phi) is 9.51. The van der Waals surface area contributed by atoms with Crippen LogP contribution in [0, 0.1) is 0 Å². The van der Waals surface area contributed by atoms with Crippen molar-refractivity contribution in [1.82, 2.24) is 0 Å². The molecule has 0 radical (unpaired) electrons. The fourth-order valence-electron chi connectivity index (χ4n) is 1.70. The van der Waals surface area contributed by atoms with E-state index < -0.39 is 16.3 Å². The number of aliphatic hydroxyl groups is 1. The number of hydrogen-bond donors (Lipinski definition) is 3. The number of ketones is 1. The lowest BCUT2D eigenvalue weighted by Crippen LogP contribution is -2.18. The Balaban J connectivity index is 0.000000763. The number of carbonyl (C=O) groups excluding carboxylic acids is 1. The van der Waals surface area contributed by atoms with Gasteiger partial charge in [0.25, 0.3) is 10.1 Å². The summed E-state index contributed by atoms with van der Waals surface area (Å²) in [5.41, 5.74) is 6.81. The van der Waals surface area contributed by atoms with E-state index in [9.17, 15) is 13.2 Å². The molecule has 0 aliphatic heterocycles. The molecule has 22 heavy (non-hydrogen) atoms. The van der Waals surface area contributed by atoms with E-state index in [1.807, 2.05) is 24.3 Å². The highest BCUT2D eigenvalue weighted by atomic mass is 32.2. The van der Waals surface area contributed by atoms with Crippen LogP contribution in [0.5, 0.6) is 0 Å². The number of Topliss-reactive ketones (excluding diaryl/α,β-unsaturated/α-hetero) is 1. The van der Waals surface area contributed by atoms with Crippen molar-refractivity contribution < 1.29 is 22.9 Å². The minimum atomic E-state index is -3.67. The fourth-order valence-corrected chi connectivity index (χ4v) is 1.70. The monoisotopic (exact) mass is 329 g/mol. The second-order valence-electron chi connectivity index (χ2n) is 4.76. The Morgan fingerprint density at radius 2 is 1.91 bits per heavy atom. The summed E-state index contributed by atoms with van der Waals surface area (Å²) < 4.78 is 25.9. The largest absolute Gasteiger partial charge is 0.379 e. The zero-order chi connectivity index (χ0) is 17.2. The molecule has 1 aromatic rings. The van der Waals surface area contributed by atoms with Crippen LogP contribution in [-0.2, 0) is 10.1 Å². The predicted octanol–water partition coefficient (Wildman–Crippen LogP) is 1.85. The molecule has 0 saturated heterocycles. The molecule has 1 atom stereocenters. The maximum absolute atomic E-state index is 11.9. The molecule has 0 aliphatic rings. The maximum Gasteiger partial charge on any atom is 0.261 e. The summed E-state index contributed by atoms with van der Waals surface area (Å²) in [6, 6.07) is 7.43. The van der Waals surface area contributed by atoms with Gasteiger partial charge in [-0.15, -0.1) is 0 Å². The van der Waals surface area contributed by atoms with Gasteiger partial charge in [0, 0.05) is 12.0 Å². The molecule has 1 aromatic carbocycles. The van der Waals surface area contributed by atoms with Crippen LogP contribution in [0.25, 0.3) is 6.08 Å². The van der Waals surface area contributed by atoms with Gasteiger partial charge in [0.1, 0.15) is 6.23 Å². The average Bonchev–Trinajstić information content (AvgIpc) is 2.41. The number of rotatable bonds is 7. The minimum absolute atomic E-state index is 0.118. The third kappa shape index (κ3) is 11.2. The highest BCUT2D eigenvalue weighted by Crippen LogP contribution is 2.14. The normalized spacial score (nSPS) is 12.0.